The molecule has 0 aromatic carbocycles. The van der Waals surface area contributed by atoms with Crippen LogP contribution in [0.4, 0.5) is 0 Å². The van der Waals surface area contributed by atoms with Crippen molar-refractivity contribution in [1.82, 2.24) is 0 Å². The molecule has 0 aliphatic heterocycles. The lowest BCUT2D eigenvalue weighted by molar-refractivity contribution is -0.0787. The summed E-state index contributed by atoms with van der Waals surface area (Å²) in [7, 11) is 1.89. The molecule has 1 N–H and O–H groups in total. The third kappa shape index (κ3) is 3.67. The minimum Gasteiger partial charge on any atom is -0.385 e. The van der Waals surface area contributed by atoms with Crippen LogP contribution in [0.25, 0.3) is 0 Å². The van der Waals surface area contributed by atoms with Crippen LogP contribution in [0.5, 0.6) is 0 Å². The minimum absolute atomic E-state index is 0.0687. The molecule has 0 aromatic heterocycles. The van der Waals surface area contributed by atoms with Crippen molar-refractivity contribution in [2.24, 2.45) is 40.4 Å². The highest BCUT2D eigenvalue weighted by Gasteiger charge is 2.63. The summed E-state index contributed by atoms with van der Waals surface area (Å²) in [6.45, 7) is 14.6. The van der Waals surface area contributed by atoms with E-state index in [1.165, 1.54) is 63.4 Å². The van der Waals surface area contributed by atoms with Gasteiger partial charge in [0.15, 0.2) is 0 Å². The van der Waals surface area contributed by atoms with Gasteiger partial charge in [0.25, 0.3) is 0 Å². The van der Waals surface area contributed by atoms with Gasteiger partial charge in [-0.25, -0.2) is 0 Å². The van der Waals surface area contributed by atoms with E-state index in [1.807, 2.05) is 7.11 Å². The normalized spacial score (nSPS) is 44.6. The van der Waals surface area contributed by atoms with Crippen molar-refractivity contribution < 1.29 is 9.84 Å². The highest BCUT2D eigenvalue weighted by molar-refractivity contribution is 5.40. The molecule has 8 atom stereocenters. The average molecular weight is 431 g/mol. The van der Waals surface area contributed by atoms with Gasteiger partial charge in [0.1, 0.15) is 0 Å². The highest BCUT2D eigenvalue weighted by atomic mass is 16.5. The van der Waals surface area contributed by atoms with E-state index in [-0.39, 0.29) is 5.41 Å². The van der Waals surface area contributed by atoms with Gasteiger partial charge in [-0.15, -0.1) is 0 Å². The van der Waals surface area contributed by atoms with Crippen LogP contribution < -0.4 is 0 Å². The van der Waals surface area contributed by atoms with Crippen LogP contribution >= 0.6 is 0 Å². The van der Waals surface area contributed by atoms with Crippen LogP contribution in [0.1, 0.15) is 112 Å². The van der Waals surface area contributed by atoms with Crippen molar-refractivity contribution in [3.63, 3.8) is 0 Å². The maximum atomic E-state index is 12.4. The fourth-order valence-electron chi connectivity index (χ4n) is 8.64. The number of allylic oxidation sites excluding steroid dienone is 1. The van der Waals surface area contributed by atoms with Crippen LogP contribution in [0.2, 0.25) is 0 Å². The quantitative estimate of drug-likeness (QED) is 0.441. The Kier molecular flexibility index (Phi) is 6.50. The zero-order chi connectivity index (χ0) is 22.6. The molecule has 4 aliphatic rings. The van der Waals surface area contributed by atoms with Gasteiger partial charge in [0.05, 0.1) is 11.7 Å². The fraction of sp³-hybridized carbons (Fsp3) is 0.931. The Hall–Kier alpha value is -0.340. The van der Waals surface area contributed by atoms with Gasteiger partial charge in [-0.05, 0) is 98.4 Å². The zero-order valence-corrected chi connectivity index (χ0v) is 21.6. The highest BCUT2D eigenvalue weighted by Crippen LogP contribution is 2.67. The first kappa shape index (κ1) is 23.8. The van der Waals surface area contributed by atoms with Crippen LogP contribution in [0.15, 0.2) is 11.1 Å². The average Bonchev–Trinajstić information content (AvgIpc) is 3.02. The Morgan fingerprint density at radius 3 is 2.35 bits per heavy atom. The number of hydrogen-bond donors (Lipinski definition) is 1. The van der Waals surface area contributed by atoms with Crippen molar-refractivity contribution in [3.8, 4) is 0 Å². The van der Waals surface area contributed by atoms with E-state index in [0.29, 0.717) is 23.4 Å². The molecule has 0 bridgehead atoms. The molecule has 0 heterocycles. The van der Waals surface area contributed by atoms with E-state index < -0.39 is 5.60 Å². The Morgan fingerprint density at radius 2 is 1.68 bits per heavy atom. The minimum atomic E-state index is -0.546. The smallest absolute Gasteiger partial charge is 0.0915 e. The molecular weight excluding hydrogens is 380 g/mol. The summed E-state index contributed by atoms with van der Waals surface area (Å²) < 4.78 is 5.76. The molecule has 2 fully saturated rings. The molecule has 0 spiro atoms. The van der Waals surface area contributed by atoms with E-state index >= 15 is 0 Å². The van der Waals surface area contributed by atoms with E-state index in [4.69, 9.17) is 4.74 Å². The van der Waals surface area contributed by atoms with E-state index in [9.17, 15) is 5.11 Å². The zero-order valence-electron chi connectivity index (χ0n) is 21.6. The SMILES string of the molecule is CO[C@H]1CC[C@]2(C)C3=C(CCC2C1)[C@@]1(O)CC[C@H]([C@H](C)CC[C@@H](C)C(C)C)[C@@]1(C)CC3. The summed E-state index contributed by atoms with van der Waals surface area (Å²) in [6, 6.07) is 0. The second-order valence-electron chi connectivity index (χ2n) is 12.9. The first-order chi connectivity index (χ1) is 14.6. The Balaban J connectivity index is 1.57. The van der Waals surface area contributed by atoms with Crippen molar-refractivity contribution in [2.75, 3.05) is 7.11 Å². The molecule has 178 valence electrons. The molecule has 1 unspecified atom stereocenters. The molecule has 0 radical (unpaired) electrons. The molecule has 4 aliphatic carbocycles. The first-order valence-electron chi connectivity index (χ1n) is 13.5. The standard InChI is InChI=1S/C29H50O2/c1-19(2)20(3)8-9-21(4)24-14-17-29(30)26-11-10-22-18-23(31-7)12-15-27(22,5)25(26)13-16-28(24,29)6/h19-24,30H,8-18H2,1-7H3/t20-,21-,22?,23+,24-,27+,28-,29+/m1/s1. The maximum Gasteiger partial charge on any atom is 0.0915 e. The van der Waals surface area contributed by atoms with Gasteiger partial charge in [0, 0.05) is 12.5 Å². The number of fused-ring (bicyclic) bond motifs is 4. The molecular formula is C29H50O2. The molecule has 2 saturated carbocycles. The van der Waals surface area contributed by atoms with Crippen LogP contribution in [-0.2, 0) is 4.74 Å². The summed E-state index contributed by atoms with van der Waals surface area (Å²) in [4.78, 5) is 0. The summed E-state index contributed by atoms with van der Waals surface area (Å²) in [5.41, 5.74) is 3.01. The monoisotopic (exact) mass is 430 g/mol. The van der Waals surface area contributed by atoms with Crippen LogP contribution in [0.3, 0.4) is 0 Å². The molecule has 0 amide bonds. The van der Waals surface area contributed by atoms with Gasteiger partial charge in [0.2, 0.25) is 0 Å². The van der Waals surface area contributed by atoms with Crippen LogP contribution in [-0.4, -0.2) is 23.9 Å². The maximum absolute atomic E-state index is 12.4. The van der Waals surface area contributed by atoms with Gasteiger partial charge in [-0.2, -0.15) is 0 Å². The Bertz CT molecular complexity index is 695. The predicted octanol–water partition coefficient (Wildman–Crippen LogP) is 7.55. The first-order valence-corrected chi connectivity index (χ1v) is 13.5. The Labute approximate surface area is 192 Å². The predicted molar refractivity (Wildman–Crippen MR) is 130 cm³/mol. The summed E-state index contributed by atoms with van der Waals surface area (Å²) in [5, 5.41) is 12.4. The third-order valence-electron chi connectivity index (χ3n) is 11.4. The largest absolute Gasteiger partial charge is 0.385 e. The van der Waals surface area contributed by atoms with E-state index in [1.54, 1.807) is 5.57 Å². The molecule has 2 heteroatoms. The van der Waals surface area contributed by atoms with Gasteiger partial charge >= 0.3 is 0 Å². The van der Waals surface area contributed by atoms with Crippen molar-refractivity contribution in [2.45, 2.75) is 124 Å². The molecule has 0 saturated heterocycles. The number of aliphatic hydroxyl groups is 1. The Morgan fingerprint density at radius 1 is 0.935 bits per heavy atom. The molecule has 31 heavy (non-hydrogen) atoms. The lowest BCUT2D eigenvalue weighted by Gasteiger charge is -2.58. The fourth-order valence-corrected chi connectivity index (χ4v) is 8.64. The lowest BCUT2D eigenvalue weighted by atomic mass is 9.49. The van der Waals surface area contributed by atoms with E-state index in [2.05, 4.69) is 41.5 Å². The second kappa shape index (κ2) is 8.46. The summed E-state index contributed by atoms with van der Waals surface area (Å²) in [5.74, 6) is 3.70. The number of hydrogen-bond acceptors (Lipinski definition) is 2. The van der Waals surface area contributed by atoms with Gasteiger partial charge in [-0.1, -0.05) is 60.0 Å². The number of rotatable bonds is 6. The number of methoxy groups -OCH3 is 1. The summed E-state index contributed by atoms with van der Waals surface area (Å²) in [6.07, 6.45) is 13.7. The molecule has 4 rings (SSSR count). The molecule has 0 aromatic rings. The molecule has 2 nitrogen and oxygen atoms in total. The lowest BCUT2D eigenvalue weighted by Crippen LogP contribution is -2.54. The second-order valence-corrected chi connectivity index (χ2v) is 12.9. The van der Waals surface area contributed by atoms with Crippen molar-refractivity contribution in [1.29, 1.82) is 0 Å². The van der Waals surface area contributed by atoms with E-state index in [0.717, 1.165) is 30.6 Å². The summed E-state index contributed by atoms with van der Waals surface area (Å²) >= 11 is 0. The van der Waals surface area contributed by atoms with Gasteiger partial charge in [-0.3, -0.25) is 0 Å². The van der Waals surface area contributed by atoms with Gasteiger partial charge < -0.3 is 9.84 Å². The van der Waals surface area contributed by atoms with Crippen LogP contribution in [0, 0.1) is 40.4 Å². The van der Waals surface area contributed by atoms with Crippen molar-refractivity contribution >= 4 is 0 Å². The number of ether oxygens (including phenoxy) is 1. The van der Waals surface area contributed by atoms with Crippen molar-refractivity contribution in [3.05, 3.63) is 11.1 Å². The topological polar surface area (TPSA) is 29.5 Å². The third-order valence-corrected chi connectivity index (χ3v) is 11.4.